The monoisotopic (exact) mass is 312 g/mol. The van der Waals surface area contributed by atoms with Gasteiger partial charge in [-0.25, -0.2) is 0 Å². The minimum absolute atomic E-state index is 0.0890. The smallest absolute Gasteiger partial charge is 0.427 e. The van der Waals surface area contributed by atoms with Gasteiger partial charge in [0.15, 0.2) is 0 Å². The molecule has 0 unspecified atom stereocenters. The third-order valence-electron chi connectivity index (χ3n) is 2.16. The largest absolute Gasteiger partial charge is 0.534 e. The predicted molar refractivity (Wildman–Crippen MR) is 62.7 cm³/mol. The highest BCUT2D eigenvalue weighted by atomic mass is 32.2. The van der Waals surface area contributed by atoms with Gasteiger partial charge in [0.25, 0.3) is 0 Å². The van der Waals surface area contributed by atoms with E-state index in [-0.39, 0.29) is 17.7 Å². The number of ether oxygens (including phenoxy) is 1. The standard InChI is InChI=1S/C11H11F3O5S/c1-3-8-6-9(18-7(2)15)4-5-10(8)19-20(16,17)11(12,13)14/h4-6H,3H2,1-2H3. The van der Waals surface area contributed by atoms with Gasteiger partial charge in [-0.2, -0.15) is 21.6 Å². The first kappa shape index (κ1) is 16.3. The second-order valence-corrected chi connectivity index (χ2v) is 5.24. The molecule has 0 spiro atoms. The highest BCUT2D eigenvalue weighted by Crippen LogP contribution is 2.31. The van der Waals surface area contributed by atoms with Gasteiger partial charge in [0.2, 0.25) is 0 Å². The lowest BCUT2D eigenvalue weighted by Gasteiger charge is -2.13. The molecule has 0 N–H and O–H groups in total. The van der Waals surface area contributed by atoms with Gasteiger partial charge in [0.05, 0.1) is 0 Å². The molecule has 5 nitrogen and oxygen atoms in total. The van der Waals surface area contributed by atoms with Gasteiger partial charge in [0, 0.05) is 6.92 Å². The Hall–Kier alpha value is -1.77. The maximum Gasteiger partial charge on any atom is 0.534 e. The molecule has 0 aromatic heterocycles. The number of hydrogen-bond donors (Lipinski definition) is 0. The van der Waals surface area contributed by atoms with Crippen LogP contribution in [0.25, 0.3) is 0 Å². The van der Waals surface area contributed by atoms with Crippen molar-refractivity contribution in [1.29, 1.82) is 0 Å². The number of rotatable bonds is 4. The quantitative estimate of drug-likeness (QED) is 0.369. The van der Waals surface area contributed by atoms with Gasteiger partial charge in [-0.15, -0.1) is 0 Å². The molecular weight excluding hydrogens is 301 g/mol. The normalized spacial score (nSPS) is 12.1. The molecule has 0 radical (unpaired) electrons. The summed E-state index contributed by atoms with van der Waals surface area (Å²) in [4.78, 5) is 10.8. The van der Waals surface area contributed by atoms with Gasteiger partial charge in [-0.1, -0.05) is 6.92 Å². The molecule has 1 aromatic rings. The van der Waals surface area contributed by atoms with Crippen LogP contribution in [0.3, 0.4) is 0 Å². The lowest BCUT2D eigenvalue weighted by atomic mass is 10.1. The van der Waals surface area contributed by atoms with E-state index >= 15 is 0 Å². The van der Waals surface area contributed by atoms with Crippen LogP contribution in [0, 0.1) is 0 Å². The summed E-state index contributed by atoms with van der Waals surface area (Å²) in [5, 5.41) is 0. The van der Waals surface area contributed by atoms with Crippen LogP contribution in [0.5, 0.6) is 11.5 Å². The maximum absolute atomic E-state index is 12.2. The van der Waals surface area contributed by atoms with E-state index in [1.165, 1.54) is 6.07 Å². The molecule has 0 amide bonds. The zero-order chi connectivity index (χ0) is 15.6. The second kappa shape index (κ2) is 5.70. The van der Waals surface area contributed by atoms with Crippen molar-refractivity contribution in [3.05, 3.63) is 23.8 Å². The summed E-state index contributed by atoms with van der Waals surface area (Å²) in [6.45, 7) is 2.74. The zero-order valence-corrected chi connectivity index (χ0v) is 11.3. The van der Waals surface area contributed by atoms with E-state index in [1.54, 1.807) is 6.92 Å². The molecule has 20 heavy (non-hydrogen) atoms. The number of esters is 1. The number of benzene rings is 1. The SMILES string of the molecule is CCc1cc(OC(C)=O)ccc1OS(=O)(=O)C(F)(F)F. The van der Waals surface area contributed by atoms with Crippen molar-refractivity contribution < 1.29 is 35.3 Å². The predicted octanol–water partition coefficient (Wildman–Crippen LogP) is 2.40. The van der Waals surface area contributed by atoms with Crippen LogP contribution in [0.4, 0.5) is 13.2 Å². The molecule has 112 valence electrons. The molecule has 0 fully saturated rings. The number of alkyl halides is 3. The number of halogens is 3. The van der Waals surface area contributed by atoms with Crippen LogP contribution in [0.15, 0.2) is 18.2 Å². The van der Waals surface area contributed by atoms with Gasteiger partial charge >= 0.3 is 21.6 Å². The molecule has 1 rings (SSSR count). The minimum Gasteiger partial charge on any atom is -0.427 e. The first-order valence-corrected chi connectivity index (χ1v) is 6.79. The lowest BCUT2D eigenvalue weighted by Crippen LogP contribution is -2.28. The topological polar surface area (TPSA) is 69.7 Å². The summed E-state index contributed by atoms with van der Waals surface area (Å²) >= 11 is 0. The van der Waals surface area contributed by atoms with Crippen molar-refractivity contribution in [3.8, 4) is 11.5 Å². The van der Waals surface area contributed by atoms with E-state index in [0.29, 0.717) is 0 Å². The molecule has 0 saturated carbocycles. The molecule has 0 aliphatic rings. The number of carbonyl (C=O) groups is 1. The van der Waals surface area contributed by atoms with Crippen molar-refractivity contribution in [2.24, 2.45) is 0 Å². The van der Waals surface area contributed by atoms with Crippen molar-refractivity contribution in [1.82, 2.24) is 0 Å². The van der Waals surface area contributed by atoms with E-state index in [2.05, 4.69) is 4.18 Å². The Morgan fingerprint density at radius 3 is 2.35 bits per heavy atom. The highest BCUT2D eigenvalue weighted by Gasteiger charge is 2.48. The first-order valence-electron chi connectivity index (χ1n) is 5.39. The Morgan fingerprint density at radius 2 is 1.90 bits per heavy atom. The van der Waals surface area contributed by atoms with Crippen molar-refractivity contribution in [2.45, 2.75) is 25.8 Å². The molecule has 0 heterocycles. The van der Waals surface area contributed by atoms with E-state index < -0.39 is 27.3 Å². The van der Waals surface area contributed by atoms with E-state index in [1.807, 2.05) is 0 Å². The third kappa shape index (κ3) is 3.86. The van der Waals surface area contributed by atoms with Crippen LogP contribution < -0.4 is 8.92 Å². The summed E-state index contributed by atoms with van der Waals surface area (Å²) in [5.74, 6) is -0.976. The molecule has 0 aliphatic heterocycles. The highest BCUT2D eigenvalue weighted by molar-refractivity contribution is 7.88. The Labute approximate surface area is 113 Å². The Kier molecular flexibility index (Phi) is 4.64. The second-order valence-electron chi connectivity index (χ2n) is 3.70. The molecule has 9 heteroatoms. The van der Waals surface area contributed by atoms with Gasteiger partial charge < -0.3 is 8.92 Å². The van der Waals surface area contributed by atoms with E-state index in [9.17, 15) is 26.4 Å². The zero-order valence-electron chi connectivity index (χ0n) is 10.5. The molecule has 1 aromatic carbocycles. The average Bonchev–Trinajstić information content (AvgIpc) is 2.28. The number of aryl methyl sites for hydroxylation is 1. The summed E-state index contributed by atoms with van der Waals surface area (Å²) in [6.07, 6.45) is 0.192. The molecule has 0 saturated heterocycles. The van der Waals surface area contributed by atoms with Crippen molar-refractivity contribution in [2.75, 3.05) is 0 Å². The summed E-state index contributed by atoms with van der Waals surface area (Å²) < 4.78 is 67.3. The number of carbonyl (C=O) groups excluding carboxylic acids is 1. The molecule has 0 aliphatic carbocycles. The van der Waals surface area contributed by atoms with Gasteiger partial charge in [-0.3, -0.25) is 4.79 Å². The molecular formula is C11H11F3O5S. The average molecular weight is 312 g/mol. The van der Waals surface area contributed by atoms with E-state index in [0.717, 1.165) is 19.1 Å². The maximum atomic E-state index is 12.2. The first-order chi connectivity index (χ1) is 9.06. The van der Waals surface area contributed by atoms with Crippen LogP contribution in [0.1, 0.15) is 19.4 Å². The Balaban J connectivity index is 3.12. The summed E-state index contributed by atoms with van der Waals surface area (Å²) in [5.41, 5.74) is -5.34. The lowest BCUT2D eigenvalue weighted by molar-refractivity contribution is -0.131. The van der Waals surface area contributed by atoms with Crippen LogP contribution in [-0.2, 0) is 21.3 Å². The Bertz CT molecular complexity index is 607. The van der Waals surface area contributed by atoms with Crippen LogP contribution >= 0.6 is 0 Å². The van der Waals surface area contributed by atoms with E-state index in [4.69, 9.17) is 4.74 Å². The summed E-state index contributed by atoms with van der Waals surface area (Å²) in [7, 11) is -5.73. The third-order valence-corrected chi connectivity index (χ3v) is 3.12. The fraction of sp³-hybridized carbons (Fsp3) is 0.364. The minimum atomic E-state index is -5.73. The van der Waals surface area contributed by atoms with Gasteiger partial charge in [-0.05, 0) is 30.2 Å². The van der Waals surface area contributed by atoms with Gasteiger partial charge in [0.1, 0.15) is 11.5 Å². The number of hydrogen-bond acceptors (Lipinski definition) is 5. The van der Waals surface area contributed by atoms with Crippen LogP contribution in [0.2, 0.25) is 0 Å². The van der Waals surface area contributed by atoms with Crippen molar-refractivity contribution >= 4 is 16.1 Å². The fourth-order valence-corrected chi connectivity index (χ4v) is 1.80. The van der Waals surface area contributed by atoms with Crippen molar-refractivity contribution in [3.63, 3.8) is 0 Å². The fourth-order valence-electron chi connectivity index (χ4n) is 1.31. The van der Waals surface area contributed by atoms with Crippen LogP contribution in [-0.4, -0.2) is 19.9 Å². The molecule has 0 bridgehead atoms. The molecule has 0 atom stereocenters. The summed E-state index contributed by atoms with van der Waals surface area (Å²) in [6, 6.07) is 3.38. The Morgan fingerprint density at radius 1 is 1.30 bits per heavy atom.